The Kier molecular flexibility index (Phi) is 7.08. The van der Waals surface area contributed by atoms with Crippen molar-refractivity contribution in [1.82, 2.24) is 5.43 Å². The summed E-state index contributed by atoms with van der Waals surface area (Å²) in [5.41, 5.74) is 4.39. The number of nitrogens with one attached hydrogen (secondary N) is 1. The van der Waals surface area contributed by atoms with E-state index < -0.39 is 5.97 Å². The third-order valence-electron chi connectivity index (χ3n) is 3.82. The van der Waals surface area contributed by atoms with E-state index in [4.69, 9.17) is 4.74 Å². The monoisotopic (exact) mass is 448 g/mol. The number of amides is 1. The average Bonchev–Trinajstić information content (AvgIpc) is 2.75. The van der Waals surface area contributed by atoms with Crippen LogP contribution in [0.2, 0.25) is 0 Å². The molecule has 5 nitrogen and oxygen atoms in total. The highest BCUT2D eigenvalue weighted by molar-refractivity contribution is 9.10. The van der Waals surface area contributed by atoms with Gasteiger partial charge in [-0.1, -0.05) is 58.4 Å². The third-order valence-corrected chi connectivity index (χ3v) is 4.35. The lowest BCUT2D eigenvalue weighted by Gasteiger charge is -2.05. The first-order chi connectivity index (χ1) is 14.1. The van der Waals surface area contributed by atoms with Crippen molar-refractivity contribution in [3.8, 4) is 5.75 Å². The summed E-state index contributed by atoms with van der Waals surface area (Å²) in [7, 11) is 0. The summed E-state index contributed by atoms with van der Waals surface area (Å²) >= 11 is 3.37. The van der Waals surface area contributed by atoms with Gasteiger partial charge in [-0.2, -0.15) is 5.10 Å². The normalized spacial score (nSPS) is 10.9. The minimum atomic E-state index is -0.512. The Labute approximate surface area is 176 Å². The van der Waals surface area contributed by atoms with E-state index in [0.717, 1.165) is 10.0 Å². The lowest BCUT2D eigenvalue weighted by atomic mass is 10.2. The van der Waals surface area contributed by atoms with Gasteiger partial charge in [0.15, 0.2) is 0 Å². The largest absolute Gasteiger partial charge is 0.423 e. The predicted octanol–water partition coefficient (Wildman–Crippen LogP) is 4.83. The van der Waals surface area contributed by atoms with Gasteiger partial charge in [0.1, 0.15) is 5.75 Å². The smallest absolute Gasteiger partial charge is 0.336 e. The number of benzene rings is 3. The van der Waals surface area contributed by atoms with Crippen LogP contribution >= 0.6 is 15.9 Å². The summed E-state index contributed by atoms with van der Waals surface area (Å²) in [6, 6.07) is 23.2. The van der Waals surface area contributed by atoms with Crippen molar-refractivity contribution in [2.24, 2.45) is 5.10 Å². The van der Waals surface area contributed by atoms with Crippen molar-refractivity contribution in [3.05, 3.63) is 106 Å². The topological polar surface area (TPSA) is 67.8 Å². The number of hydrogen-bond acceptors (Lipinski definition) is 4. The number of halogens is 1. The fraction of sp³-hybridized carbons (Fsp3) is 0. The lowest BCUT2D eigenvalue weighted by molar-refractivity contribution is -0.128. The van der Waals surface area contributed by atoms with E-state index in [1.165, 1.54) is 12.3 Å². The number of ether oxygens (including phenoxy) is 1. The second-order valence-electron chi connectivity index (χ2n) is 5.91. The van der Waals surface area contributed by atoms with Crippen molar-refractivity contribution in [2.75, 3.05) is 0 Å². The van der Waals surface area contributed by atoms with Gasteiger partial charge in [0.2, 0.25) is 0 Å². The molecule has 6 heteroatoms. The standard InChI is InChI=1S/C23H17BrN2O3/c24-20-13-10-17(11-14-20)12-15-22(27)29-21-9-5-4-8-19(21)16-25-26-23(28)18-6-2-1-3-7-18/h1-16H,(H,26,28). The number of hydrogen-bond donors (Lipinski definition) is 1. The minimum Gasteiger partial charge on any atom is -0.423 e. The first kappa shape index (κ1) is 20.2. The van der Waals surface area contributed by atoms with Gasteiger partial charge in [-0.3, -0.25) is 4.79 Å². The van der Waals surface area contributed by atoms with Gasteiger partial charge < -0.3 is 4.74 Å². The average molecular weight is 449 g/mol. The highest BCUT2D eigenvalue weighted by atomic mass is 79.9. The second-order valence-corrected chi connectivity index (χ2v) is 6.82. The van der Waals surface area contributed by atoms with Crippen LogP contribution in [0.1, 0.15) is 21.5 Å². The maximum absolute atomic E-state index is 12.1. The Hall–Kier alpha value is -3.51. The summed E-state index contributed by atoms with van der Waals surface area (Å²) in [5, 5.41) is 3.95. The SMILES string of the molecule is O=C(C=Cc1ccc(Br)cc1)Oc1ccccc1C=NNC(=O)c1ccccc1. The molecule has 0 fully saturated rings. The second kappa shape index (κ2) is 10.1. The van der Waals surface area contributed by atoms with E-state index in [-0.39, 0.29) is 5.91 Å². The van der Waals surface area contributed by atoms with Crippen LogP contribution in [0.25, 0.3) is 6.08 Å². The molecule has 29 heavy (non-hydrogen) atoms. The minimum absolute atomic E-state index is 0.325. The number of esters is 1. The zero-order valence-corrected chi connectivity index (χ0v) is 16.9. The first-order valence-electron chi connectivity index (χ1n) is 8.75. The number of hydrazone groups is 1. The van der Waals surface area contributed by atoms with E-state index in [9.17, 15) is 9.59 Å². The molecule has 0 aromatic heterocycles. The predicted molar refractivity (Wildman–Crippen MR) is 117 cm³/mol. The van der Waals surface area contributed by atoms with Crippen LogP contribution in [-0.2, 0) is 4.79 Å². The van der Waals surface area contributed by atoms with E-state index >= 15 is 0 Å². The number of rotatable bonds is 6. The van der Waals surface area contributed by atoms with Crippen molar-refractivity contribution in [3.63, 3.8) is 0 Å². The summed E-state index contributed by atoms with van der Waals surface area (Å²) in [4.78, 5) is 24.2. The maximum Gasteiger partial charge on any atom is 0.336 e. The van der Waals surface area contributed by atoms with Crippen LogP contribution < -0.4 is 10.2 Å². The van der Waals surface area contributed by atoms with Crippen LogP contribution in [0.5, 0.6) is 5.75 Å². The zero-order valence-electron chi connectivity index (χ0n) is 15.3. The molecule has 0 aliphatic rings. The Morgan fingerprint density at radius 2 is 1.59 bits per heavy atom. The molecule has 1 N–H and O–H groups in total. The molecule has 0 heterocycles. The van der Waals surface area contributed by atoms with Crippen molar-refractivity contribution < 1.29 is 14.3 Å². The molecule has 0 aliphatic heterocycles. The molecule has 3 rings (SSSR count). The van der Waals surface area contributed by atoms with Gasteiger partial charge in [0.05, 0.1) is 6.21 Å². The molecule has 0 spiro atoms. The third kappa shape index (κ3) is 6.26. The number of carbonyl (C=O) groups is 2. The van der Waals surface area contributed by atoms with E-state index in [0.29, 0.717) is 16.9 Å². The number of nitrogens with zero attached hydrogens (tertiary/aromatic N) is 1. The van der Waals surface area contributed by atoms with Crippen LogP contribution in [0.3, 0.4) is 0 Å². The van der Waals surface area contributed by atoms with Gasteiger partial charge >= 0.3 is 5.97 Å². The van der Waals surface area contributed by atoms with Gasteiger partial charge in [-0.25, -0.2) is 10.2 Å². The molecular weight excluding hydrogens is 432 g/mol. The lowest BCUT2D eigenvalue weighted by Crippen LogP contribution is -2.17. The zero-order chi connectivity index (χ0) is 20.5. The summed E-state index contributed by atoms with van der Waals surface area (Å²) < 4.78 is 6.36. The molecule has 144 valence electrons. The van der Waals surface area contributed by atoms with Crippen LogP contribution in [0, 0.1) is 0 Å². The summed E-state index contributed by atoms with van der Waals surface area (Å²) in [6.07, 6.45) is 4.46. The highest BCUT2D eigenvalue weighted by Gasteiger charge is 2.06. The Balaban J connectivity index is 1.63. The van der Waals surface area contributed by atoms with Gasteiger partial charge in [-0.15, -0.1) is 0 Å². The van der Waals surface area contributed by atoms with E-state index in [1.807, 2.05) is 30.3 Å². The molecule has 3 aromatic carbocycles. The van der Waals surface area contributed by atoms with Crippen molar-refractivity contribution in [2.45, 2.75) is 0 Å². The molecule has 0 atom stereocenters. The molecule has 0 aliphatic carbocycles. The first-order valence-corrected chi connectivity index (χ1v) is 9.54. The molecule has 3 aromatic rings. The van der Waals surface area contributed by atoms with Gasteiger partial charge in [0.25, 0.3) is 5.91 Å². The Bertz CT molecular complexity index is 1050. The fourth-order valence-corrected chi connectivity index (χ4v) is 2.64. The van der Waals surface area contributed by atoms with Crippen LogP contribution in [-0.4, -0.2) is 18.1 Å². The highest BCUT2D eigenvalue weighted by Crippen LogP contribution is 2.17. The van der Waals surface area contributed by atoms with Crippen molar-refractivity contribution in [1.29, 1.82) is 0 Å². The summed E-state index contributed by atoms with van der Waals surface area (Å²) in [6.45, 7) is 0. The number of carbonyl (C=O) groups excluding carboxylic acids is 2. The maximum atomic E-state index is 12.1. The van der Waals surface area contributed by atoms with E-state index in [2.05, 4.69) is 26.5 Å². The van der Waals surface area contributed by atoms with Gasteiger partial charge in [0, 0.05) is 21.7 Å². The molecule has 0 unspecified atom stereocenters. The molecule has 0 bridgehead atoms. The van der Waals surface area contributed by atoms with E-state index in [1.54, 1.807) is 54.6 Å². The van der Waals surface area contributed by atoms with Crippen LogP contribution in [0.4, 0.5) is 0 Å². The molecule has 0 saturated heterocycles. The fourth-order valence-electron chi connectivity index (χ4n) is 2.38. The molecular formula is C23H17BrN2O3. The number of para-hydroxylation sites is 1. The van der Waals surface area contributed by atoms with Gasteiger partial charge in [-0.05, 0) is 48.0 Å². The molecule has 0 radical (unpaired) electrons. The Morgan fingerprint density at radius 3 is 2.34 bits per heavy atom. The van der Waals surface area contributed by atoms with Crippen molar-refractivity contribution >= 4 is 40.1 Å². The van der Waals surface area contributed by atoms with Crippen LogP contribution in [0.15, 0.2) is 94.5 Å². The molecule has 0 saturated carbocycles. The Morgan fingerprint density at radius 1 is 0.897 bits per heavy atom. The quantitative estimate of drug-likeness (QED) is 0.193. The molecule has 1 amide bonds. The summed E-state index contributed by atoms with van der Waals surface area (Å²) in [5.74, 6) is -0.494.